The van der Waals surface area contributed by atoms with Gasteiger partial charge in [0.1, 0.15) is 5.75 Å². The van der Waals surface area contributed by atoms with Gasteiger partial charge < -0.3 is 10.1 Å². The van der Waals surface area contributed by atoms with Crippen LogP contribution >= 0.6 is 0 Å². The molecule has 3 amide bonds. The Kier molecular flexibility index (Phi) is 5.32. The van der Waals surface area contributed by atoms with Crippen molar-refractivity contribution < 1.29 is 27.5 Å². The monoisotopic (exact) mass is 425 g/mol. The van der Waals surface area contributed by atoms with Crippen LogP contribution in [0.3, 0.4) is 0 Å². The predicted octanol–water partition coefficient (Wildman–Crippen LogP) is 3.77. The largest absolute Gasteiger partial charge is 0.481 e. The Morgan fingerprint density at radius 2 is 1.67 bits per heavy atom. The lowest BCUT2D eigenvalue weighted by atomic mass is 9.53. The molecular weight excluding hydrogens is 399 g/mol. The zero-order valence-electron chi connectivity index (χ0n) is 16.7. The summed E-state index contributed by atoms with van der Waals surface area (Å²) < 4.78 is 43.7. The third-order valence-electron chi connectivity index (χ3n) is 6.56. The molecule has 0 aromatic heterocycles. The first-order valence-corrected chi connectivity index (χ1v) is 10.3. The molecule has 0 saturated heterocycles. The third-order valence-corrected chi connectivity index (χ3v) is 6.56. The van der Waals surface area contributed by atoms with Crippen molar-refractivity contribution in [1.29, 1.82) is 0 Å². The van der Waals surface area contributed by atoms with Crippen molar-refractivity contribution in [3.8, 4) is 5.75 Å². The average molecular weight is 425 g/mol. The summed E-state index contributed by atoms with van der Waals surface area (Å²) in [5, 5.41) is 3.06. The highest BCUT2D eigenvalue weighted by molar-refractivity contribution is 5.84. The number of urea groups is 1. The number of benzene rings is 1. The van der Waals surface area contributed by atoms with E-state index in [0.717, 1.165) is 31.4 Å². The van der Waals surface area contributed by atoms with Crippen molar-refractivity contribution in [2.75, 3.05) is 0 Å². The SMILES string of the molecule is CC(Oc1cccc(C(F)(F)F)c1)C(=O)NNC(=O)NC12CC3CC(CC(C3)C1)C2. The van der Waals surface area contributed by atoms with E-state index >= 15 is 0 Å². The molecule has 1 atom stereocenters. The summed E-state index contributed by atoms with van der Waals surface area (Å²) in [7, 11) is 0. The second-order valence-electron chi connectivity index (χ2n) is 9.05. The van der Waals surface area contributed by atoms with Crippen LogP contribution in [0.2, 0.25) is 0 Å². The van der Waals surface area contributed by atoms with Gasteiger partial charge in [0, 0.05) is 5.54 Å². The molecule has 164 valence electrons. The number of hydrogen-bond donors (Lipinski definition) is 3. The van der Waals surface area contributed by atoms with Crippen LogP contribution in [0.4, 0.5) is 18.0 Å². The van der Waals surface area contributed by atoms with Gasteiger partial charge in [0.05, 0.1) is 5.56 Å². The van der Waals surface area contributed by atoms with Crippen LogP contribution in [0.5, 0.6) is 5.75 Å². The van der Waals surface area contributed by atoms with E-state index in [9.17, 15) is 22.8 Å². The zero-order chi connectivity index (χ0) is 21.5. The Bertz CT molecular complexity index is 792. The molecule has 1 aromatic carbocycles. The van der Waals surface area contributed by atoms with E-state index in [0.29, 0.717) is 17.8 Å². The zero-order valence-corrected chi connectivity index (χ0v) is 16.7. The summed E-state index contributed by atoms with van der Waals surface area (Å²) in [6.45, 7) is 1.40. The second kappa shape index (κ2) is 7.67. The van der Waals surface area contributed by atoms with Crippen LogP contribution in [0, 0.1) is 17.8 Å². The van der Waals surface area contributed by atoms with Crippen molar-refractivity contribution in [2.45, 2.75) is 63.3 Å². The molecule has 0 heterocycles. The van der Waals surface area contributed by atoms with Crippen LogP contribution < -0.4 is 20.9 Å². The first-order chi connectivity index (χ1) is 14.1. The van der Waals surface area contributed by atoms with Gasteiger partial charge in [-0.2, -0.15) is 13.2 Å². The number of alkyl halides is 3. The van der Waals surface area contributed by atoms with E-state index in [4.69, 9.17) is 4.74 Å². The molecule has 1 unspecified atom stereocenters. The molecular formula is C21H26F3N3O3. The molecule has 0 aliphatic heterocycles. The fourth-order valence-corrected chi connectivity index (χ4v) is 5.76. The number of rotatable bonds is 4. The number of nitrogens with one attached hydrogen (secondary N) is 3. The van der Waals surface area contributed by atoms with E-state index in [2.05, 4.69) is 16.2 Å². The van der Waals surface area contributed by atoms with Gasteiger partial charge in [0.15, 0.2) is 6.10 Å². The summed E-state index contributed by atoms with van der Waals surface area (Å²) in [6, 6.07) is 3.83. The maximum atomic E-state index is 12.8. The number of ether oxygens (including phenoxy) is 1. The minimum Gasteiger partial charge on any atom is -0.481 e. The standard InChI is InChI=1S/C21H26F3N3O3/c1-12(30-17-4-2-3-16(8-17)21(22,23)24)18(28)26-27-19(29)25-20-9-13-5-14(10-20)7-15(6-13)11-20/h2-4,8,12-15H,5-7,9-11H2,1H3,(H,26,28)(H2,25,27,29). The van der Waals surface area contributed by atoms with E-state index in [1.54, 1.807) is 0 Å². The van der Waals surface area contributed by atoms with Crippen LogP contribution in [0.25, 0.3) is 0 Å². The van der Waals surface area contributed by atoms with Crippen LogP contribution in [0.1, 0.15) is 51.0 Å². The molecule has 6 nitrogen and oxygen atoms in total. The minimum atomic E-state index is -4.50. The molecule has 4 fully saturated rings. The van der Waals surface area contributed by atoms with Crippen LogP contribution in [-0.2, 0) is 11.0 Å². The maximum Gasteiger partial charge on any atom is 0.416 e. The lowest BCUT2D eigenvalue weighted by Gasteiger charge is -2.56. The highest BCUT2D eigenvalue weighted by atomic mass is 19.4. The Morgan fingerprint density at radius 1 is 1.07 bits per heavy atom. The van der Waals surface area contributed by atoms with Gasteiger partial charge in [-0.25, -0.2) is 10.2 Å². The van der Waals surface area contributed by atoms with Crippen molar-refractivity contribution in [3.63, 3.8) is 0 Å². The molecule has 5 rings (SSSR count). The first-order valence-electron chi connectivity index (χ1n) is 10.3. The Labute approximate surface area is 172 Å². The normalized spacial score (nSPS) is 30.5. The van der Waals surface area contributed by atoms with Gasteiger partial charge >= 0.3 is 12.2 Å². The lowest BCUT2D eigenvalue weighted by Crippen LogP contribution is -2.63. The van der Waals surface area contributed by atoms with E-state index in [-0.39, 0.29) is 11.3 Å². The molecule has 1 aromatic rings. The topological polar surface area (TPSA) is 79.5 Å². The Hall–Kier alpha value is -2.45. The second-order valence-corrected chi connectivity index (χ2v) is 9.05. The fraction of sp³-hybridized carbons (Fsp3) is 0.619. The van der Waals surface area contributed by atoms with E-state index in [1.807, 2.05) is 0 Å². The van der Waals surface area contributed by atoms with Crippen LogP contribution in [-0.4, -0.2) is 23.6 Å². The van der Waals surface area contributed by atoms with Gasteiger partial charge in [0.25, 0.3) is 5.91 Å². The molecule has 9 heteroatoms. The number of halogens is 3. The van der Waals surface area contributed by atoms with Crippen molar-refractivity contribution in [1.82, 2.24) is 16.2 Å². The number of hydrazine groups is 1. The molecule has 4 aliphatic carbocycles. The van der Waals surface area contributed by atoms with Crippen molar-refractivity contribution >= 4 is 11.9 Å². The summed E-state index contributed by atoms with van der Waals surface area (Å²) in [5.41, 5.74) is 3.58. The van der Waals surface area contributed by atoms with Gasteiger partial charge in [-0.15, -0.1) is 0 Å². The van der Waals surface area contributed by atoms with Crippen molar-refractivity contribution in [2.24, 2.45) is 17.8 Å². The highest BCUT2D eigenvalue weighted by Crippen LogP contribution is 2.55. The molecule has 4 saturated carbocycles. The summed E-state index contributed by atoms with van der Waals surface area (Å²) in [4.78, 5) is 24.6. The number of carbonyl (C=O) groups excluding carboxylic acids is 2. The molecule has 4 bridgehead atoms. The first kappa shape index (κ1) is 20.8. The van der Waals surface area contributed by atoms with Crippen molar-refractivity contribution in [3.05, 3.63) is 29.8 Å². The molecule has 4 aliphatic rings. The highest BCUT2D eigenvalue weighted by Gasteiger charge is 2.51. The predicted molar refractivity (Wildman–Crippen MR) is 102 cm³/mol. The van der Waals surface area contributed by atoms with Gasteiger partial charge in [-0.05, 0) is 81.4 Å². The quantitative estimate of drug-likeness (QED) is 0.643. The number of amides is 3. The molecule has 0 radical (unpaired) electrons. The Balaban J connectivity index is 1.27. The van der Waals surface area contributed by atoms with Crippen LogP contribution in [0.15, 0.2) is 24.3 Å². The molecule has 0 spiro atoms. The van der Waals surface area contributed by atoms with Gasteiger partial charge in [-0.3, -0.25) is 10.2 Å². The van der Waals surface area contributed by atoms with Gasteiger partial charge in [0.2, 0.25) is 0 Å². The molecule has 30 heavy (non-hydrogen) atoms. The fourth-order valence-electron chi connectivity index (χ4n) is 5.76. The summed E-state index contributed by atoms with van der Waals surface area (Å²) in [6.07, 6.45) is 1.12. The number of carbonyl (C=O) groups is 2. The van der Waals surface area contributed by atoms with E-state index < -0.39 is 29.8 Å². The smallest absolute Gasteiger partial charge is 0.416 e. The van der Waals surface area contributed by atoms with Gasteiger partial charge in [-0.1, -0.05) is 6.07 Å². The average Bonchev–Trinajstić information content (AvgIpc) is 2.64. The minimum absolute atomic E-state index is 0.0782. The molecule has 3 N–H and O–H groups in total. The number of hydrogen-bond acceptors (Lipinski definition) is 3. The third kappa shape index (κ3) is 4.49. The Morgan fingerprint density at radius 3 is 2.23 bits per heavy atom. The summed E-state index contributed by atoms with van der Waals surface area (Å²) >= 11 is 0. The lowest BCUT2D eigenvalue weighted by molar-refractivity contribution is -0.137. The van der Waals surface area contributed by atoms with E-state index in [1.165, 1.54) is 38.3 Å². The maximum absolute atomic E-state index is 12.8. The summed E-state index contributed by atoms with van der Waals surface area (Å²) in [5.74, 6) is 1.28.